The van der Waals surface area contributed by atoms with Crippen molar-refractivity contribution in [2.75, 3.05) is 18.1 Å². The van der Waals surface area contributed by atoms with Gasteiger partial charge in [0.25, 0.3) is 0 Å². The first kappa shape index (κ1) is 17.3. The van der Waals surface area contributed by atoms with E-state index < -0.39 is 17.4 Å². The second-order valence-corrected chi connectivity index (χ2v) is 7.54. The summed E-state index contributed by atoms with van der Waals surface area (Å²) in [6.07, 6.45) is 6.51. The second-order valence-electron chi connectivity index (χ2n) is 7.54. The number of rotatable bonds is 6. The minimum Gasteiger partial charge on any atom is -0.465 e. The molecule has 2 saturated heterocycles. The van der Waals surface area contributed by atoms with Gasteiger partial charge in [0, 0.05) is 5.69 Å². The molecule has 0 saturated carbocycles. The minimum atomic E-state index is -0.696. The van der Waals surface area contributed by atoms with E-state index in [0.717, 1.165) is 30.5 Å². The predicted molar refractivity (Wildman–Crippen MR) is 97.7 cm³/mol. The van der Waals surface area contributed by atoms with Gasteiger partial charge in [-0.25, -0.2) is 0 Å². The topological polar surface area (TPSA) is 55.8 Å². The van der Waals surface area contributed by atoms with Crippen LogP contribution in [0, 0.1) is 18.8 Å². The number of carbonyl (C=O) groups excluding carboxylic acids is 2. The third-order valence-corrected chi connectivity index (χ3v) is 5.68. The molecular formula is C21H25NO4. The van der Waals surface area contributed by atoms with Crippen LogP contribution in [0.5, 0.6) is 0 Å². The summed E-state index contributed by atoms with van der Waals surface area (Å²) in [6.45, 7) is 4.97. The van der Waals surface area contributed by atoms with Gasteiger partial charge in [0.1, 0.15) is 11.5 Å². The normalized spacial score (nSPS) is 31.5. The number of aryl methyl sites for hydroxylation is 1. The summed E-state index contributed by atoms with van der Waals surface area (Å²) in [4.78, 5) is 27.6. The highest BCUT2D eigenvalue weighted by atomic mass is 16.6. The number of benzene rings is 1. The molecule has 3 aliphatic heterocycles. The van der Waals surface area contributed by atoms with Crippen LogP contribution in [0.4, 0.5) is 5.69 Å². The van der Waals surface area contributed by atoms with Crippen molar-refractivity contribution in [3.05, 3.63) is 42.0 Å². The Labute approximate surface area is 154 Å². The van der Waals surface area contributed by atoms with Gasteiger partial charge in [0.2, 0.25) is 5.91 Å². The van der Waals surface area contributed by atoms with Crippen molar-refractivity contribution in [3.63, 3.8) is 0 Å². The molecule has 3 heterocycles. The van der Waals surface area contributed by atoms with Crippen LogP contribution >= 0.6 is 0 Å². The standard InChI is InChI=1S/C21H25NO4/c1-3-4-5-11-25-20(24)17-16-9-10-21(26-16)13-22(19(23)18(17)21)15-8-6-7-14(2)12-15/h6-10,12,16-18H,3-5,11,13H2,1-2H3/t16-,17-,18+,21-/m1/s1. The summed E-state index contributed by atoms with van der Waals surface area (Å²) in [5.41, 5.74) is 1.25. The van der Waals surface area contributed by atoms with Gasteiger partial charge in [0.15, 0.2) is 0 Å². The Morgan fingerprint density at radius 3 is 3.00 bits per heavy atom. The van der Waals surface area contributed by atoms with Gasteiger partial charge in [-0.2, -0.15) is 0 Å². The highest BCUT2D eigenvalue weighted by Crippen LogP contribution is 2.52. The molecule has 2 fully saturated rings. The average Bonchev–Trinajstić information content (AvgIpc) is 3.27. The zero-order valence-corrected chi connectivity index (χ0v) is 15.3. The van der Waals surface area contributed by atoms with Crippen LogP contribution in [0.1, 0.15) is 31.7 Å². The zero-order chi connectivity index (χ0) is 18.3. The molecule has 0 unspecified atom stereocenters. The van der Waals surface area contributed by atoms with Crippen LogP contribution in [-0.4, -0.2) is 36.7 Å². The molecule has 0 aliphatic carbocycles. The predicted octanol–water partition coefficient (Wildman–Crippen LogP) is 3.01. The maximum absolute atomic E-state index is 13.2. The van der Waals surface area contributed by atoms with Crippen LogP contribution < -0.4 is 4.90 Å². The van der Waals surface area contributed by atoms with Crippen molar-refractivity contribution in [3.8, 4) is 0 Å². The van der Waals surface area contributed by atoms with Crippen molar-refractivity contribution >= 4 is 17.6 Å². The van der Waals surface area contributed by atoms with Crippen molar-refractivity contribution in [2.45, 2.75) is 44.8 Å². The number of amides is 1. The molecular weight excluding hydrogens is 330 g/mol. The van der Waals surface area contributed by atoms with Crippen molar-refractivity contribution in [1.82, 2.24) is 0 Å². The van der Waals surface area contributed by atoms with E-state index in [2.05, 4.69) is 6.92 Å². The third-order valence-electron chi connectivity index (χ3n) is 5.68. The van der Waals surface area contributed by atoms with Crippen LogP contribution in [0.25, 0.3) is 0 Å². The molecule has 5 nitrogen and oxygen atoms in total. The lowest BCUT2D eigenvalue weighted by atomic mass is 9.77. The van der Waals surface area contributed by atoms with E-state index in [0.29, 0.717) is 13.2 Å². The van der Waals surface area contributed by atoms with E-state index in [1.807, 2.05) is 43.3 Å². The van der Waals surface area contributed by atoms with E-state index in [1.54, 1.807) is 4.90 Å². The molecule has 5 heteroatoms. The quantitative estimate of drug-likeness (QED) is 0.447. The lowest BCUT2D eigenvalue weighted by Gasteiger charge is -2.22. The van der Waals surface area contributed by atoms with Crippen LogP contribution in [-0.2, 0) is 19.1 Å². The highest BCUT2D eigenvalue weighted by molar-refractivity contribution is 6.02. The molecule has 1 aromatic carbocycles. The molecule has 4 rings (SSSR count). The van der Waals surface area contributed by atoms with Gasteiger partial charge >= 0.3 is 5.97 Å². The summed E-state index contributed by atoms with van der Waals surface area (Å²) < 4.78 is 11.6. The Hall–Kier alpha value is -2.14. The number of unbranched alkanes of at least 4 members (excludes halogenated alkanes) is 2. The second kappa shape index (κ2) is 6.54. The number of fused-ring (bicyclic) bond motifs is 1. The van der Waals surface area contributed by atoms with Gasteiger partial charge < -0.3 is 14.4 Å². The van der Waals surface area contributed by atoms with Crippen molar-refractivity contribution < 1.29 is 19.1 Å². The van der Waals surface area contributed by atoms with Gasteiger partial charge in [-0.15, -0.1) is 0 Å². The van der Waals surface area contributed by atoms with E-state index in [9.17, 15) is 9.59 Å². The molecule has 4 atom stereocenters. The molecule has 26 heavy (non-hydrogen) atoms. The van der Waals surface area contributed by atoms with Crippen LogP contribution in [0.2, 0.25) is 0 Å². The Kier molecular flexibility index (Phi) is 4.35. The fourth-order valence-electron chi connectivity index (χ4n) is 4.40. The summed E-state index contributed by atoms with van der Waals surface area (Å²) in [5.74, 6) is -1.37. The molecule has 1 amide bonds. The van der Waals surface area contributed by atoms with E-state index >= 15 is 0 Å². The number of ether oxygens (including phenoxy) is 2. The summed E-state index contributed by atoms with van der Waals surface area (Å²) in [5, 5.41) is 0. The van der Waals surface area contributed by atoms with Crippen molar-refractivity contribution in [2.24, 2.45) is 11.8 Å². The molecule has 3 aliphatic rings. The van der Waals surface area contributed by atoms with Gasteiger partial charge in [0.05, 0.1) is 25.2 Å². The average molecular weight is 355 g/mol. The minimum absolute atomic E-state index is 0.0436. The largest absolute Gasteiger partial charge is 0.465 e. The van der Waals surface area contributed by atoms with E-state index in [4.69, 9.17) is 9.47 Å². The van der Waals surface area contributed by atoms with Gasteiger partial charge in [-0.05, 0) is 31.0 Å². The summed E-state index contributed by atoms with van der Waals surface area (Å²) in [7, 11) is 0. The lowest BCUT2D eigenvalue weighted by molar-refractivity contribution is -0.152. The maximum Gasteiger partial charge on any atom is 0.312 e. The fraction of sp³-hybridized carbons (Fsp3) is 0.524. The number of nitrogens with zero attached hydrogens (tertiary/aromatic N) is 1. The van der Waals surface area contributed by atoms with E-state index in [-0.39, 0.29) is 18.0 Å². The molecule has 1 aromatic rings. The number of anilines is 1. The number of esters is 1. The van der Waals surface area contributed by atoms with Crippen molar-refractivity contribution in [1.29, 1.82) is 0 Å². The van der Waals surface area contributed by atoms with Gasteiger partial charge in [-0.1, -0.05) is 44.1 Å². The Morgan fingerprint density at radius 1 is 1.38 bits per heavy atom. The lowest BCUT2D eigenvalue weighted by Crippen LogP contribution is -2.40. The first-order chi connectivity index (χ1) is 12.6. The molecule has 1 spiro atoms. The SMILES string of the molecule is CCCCCOC(=O)[C@H]1[C@H]2C(=O)N(c3cccc(C)c3)C[C@]23C=C[C@H]1O3. The van der Waals surface area contributed by atoms with Gasteiger partial charge in [-0.3, -0.25) is 9.59 Å². The maximum atomic E-state index is 13.2. The fourth-order valence-corrected chi connectivity index (χ4v) is 4.40. The molecule has 0 N–H and O–H groups in total. The number of hydrogen-bond acceptors (Lipinski definition) is 4. The number of carbonyl (C=O) groups is 2. The molecule has 0 aromatic heterocycles. The smallest absolute Gasteiger partial charge is 0.312 e. The summed E-state index contributed by atoms with van der Waals surface area (Å²) >= 11 is 0. The van der Waals surface area contributed by atoms with E-state index in [1.165, 1.54) is 0 Å². The van der Waals surface area contributed by atoms with Crippen LogP contribution in [0.15, 0.2) is 36.4 Å². The molecule has 0 radical (unpaired) electrons. The monoisotopic (exact) mass is 355 g/mol. The Balaban J connectivity index is 1.55. The zero-order valence-electron chi connectivity index (χ0n) is 15.3. The first-order valence-electron chi connectivity index (χ1n) is 9.47. The van der Waals surface area contributed by atoms with Crippen LogP contribution in [0.3, 0.4) is 0 Å². The third kappa shape index (κ3) is 2.65. The number of hydrogen-bond donors (Lipinski definition) is 0. The molecule has 2 bridgehead atoms. The summed E-state index contributed by atoms with van der Waals surface area (Å²) in [6, 6.07) is 7.86. The highest BCUT2D eigenvalue weighted by Gasteiger charge is 2.67. The molecule has 138 valence electrons. The Bertz CT molecular complexity index is 758. The first-order valence-corrected chi connectivity index (χ1v) is 9.47. The Morgan fingerprint density at radius 2 is 2.23 bits per heavy atom.